The summed E-state index contributed by atoms with van der Waals surface area (Å²) >= 11 is 6.97. The summed E-state index contributed by atoms with van der Waals surface area (Å²) in [6, 6.07) is 6.71. The molecule has 1 amide bonds. The standard InChI is InChI=1S/C24H25ClF4N2O2S/c1-34-30-23(32)18-10-17(15-5-6-15)22(11-21(18)26)33-16-3-2-8-31(13-16)12-14-4-7-19(20(25)9-14)24(27,28)29/h4,7,9-11,15-16H,2-3,5-6,8,12-13H2,1H3,(H,30,32). The number of benzene rings is 2. The van der Waals surface area contributed by atoms with E-state index >= 15 is 0 Å². The van der Waals surface area contributed by atoms with Crippen LogP contribution in [0.4, 0.5) is 17.6 Å². The van der Waals surface area contributed by atoms with E-state index in [-0.39, 0.29) is 22.6 Å². The van der Waals surface area contributed by atoms with E-state index in [1.807, 2.05) is 0 Å². The molecule has 4 nitrogen and oxygen atoms in total. The van der Waals surface area contributed by atoms with Crippen LogP contribution in [0, 0.1) is 5.82 Å². The van der Waals surface area contributed by atoms with Gasteiger partial charge in [0, 0.05) is 25.4 Å². The van der Waals surface area contributed by atoms with E-state index in [9.17, 15) is 22.4 Å². The lowest BCUT2D eigenvalue weighted by atomic mass is 10.0. The average molecular weight is 517 g/mol. The number of carbonyl (C=O) groups excluding carboxylic acids is 1. The number of rotatable bonds is 7. The number of hydrogen-bond acceptors (Lipinski definition) is 4. The Hall–Kier alpha value is -1.97. The molecule has 184 valence electrons. The van der Waals surface area contributed by atoms with Crippen LogP contribution in [0.15, 0.2) is 30.3 Å². The highest BCUT2D eigenvalue weighted by Gasteiger charge is 2.34. The number of carbonyl (C=O) groups is 1. The Morgan fingerprint density at radius 2 is 2.00 bits per heavy atom. The van der Waals surface area contributed by atoms with Crippen LogP contribution < -0.4 is 9.46 Å². The fraction of sp³-hybridized carbons (Fsp3) is 0.458. The summed E-state index contributed by atoms with van der Waals surface area (Å²) in [5, 5.41) is -0.315. The fourth-order valence-corrected chi connectivity index (χ4v) is 4.89. The zero-order valence-electron chi connectivity index (χ0n) is 18.6. The molecule has 2 aromatic rings. The first-order chi connectivity index (χ1) is 16.2. The molecule has 1 unspecified atom stereocenters. The molecule has 0 aromatic heterocycles. The Labute approximate surface area is 205 Å². The van der Waals surface area contributed by atoms with Gasteiger partial charge in [-0.25, -0.2) is 4.39 Å². The van der Waals surface area contributed by atoms with Gasteiger partial charge in [-0.05, 0) is 67.5 Å². The number of amides is 1. The highest BCUT2D eigenvalue weighted by atomic mass is 35.5. The van der Waals surface area contributed by atoms with Gasteiger partial charge in [-0.2, -0.15) is 13.2 Å². The Bertz CT molecular complexity index is 1060. The van der Waals surface area contributed by atoms with Crippen LogP contribution in [-0.2, 0) is 12.7 Å². The molecule has 0 spiro atoms. The van der Waals surface area contributed by atoms with E-state index in [0.29, 0.717) is 24.4 Å². The highest BCUT2D eigenvalue weighted by molar-refractivity contribution is 7.97. The van der Waals surface area contributed by atoms with Gasteiger partial charge in [0.1, 0.15) is 17.7 Å². The predicted octanol–water partition coefficient (Wildman–Crippen LogP) is 6.43. The second-order valence-electron chi connectivity index (χ2n) is 8.71. The van der Waals surface area contributed by atoms with Crippen molar-refractivity contribution in [2.75, 3.05) is 19.3 Å². The summed E-state index contributed by atoms with van der Waals surface area (Å²) in [5.41, 5.74) is 0.696. The lowest BCUT2D eigenvalue weighted by Crippen LogP contribution is -2.40. The first-order valence-electron chi connectivity index (χ1n) is 11.1. The van der Waals surface area contributed by atoms with Crippen molar-refractivity contribution in [3.8, 4) is 5.75 Å². The van der Waals surface area contributed by atoms with Crippen LogP contribution in [0.25, 0.3) is 0 Å². The van der Waals surface area contributed by atoms with E-state index < -0.39 is 23.5 Å². The molecular formula is C24H25ClF4N2O2S. The van der Waals surface area contributed by atoms with E-state index in [1.54, 1.807) is 12.3 Å². The van der Waals surface area contributed by atoms with E-state index in [4.69, 9.17) is 16.3 Å². The van der Waals surface area contributed by atoms with Crippen molar-refractivity contribution in [1.82, 2.24) is 9.62 Å². The second kappa shape index (κ2) is 10.3. The van der Waals surface area contributed by atoms with Crippen LogP contribution in [0.1, 0.15) is 58.6 Å². The number of hydrogen-bond donors (Lipinski definition) is 1. The molecular weight excluding hydrogens is 492 g/mol. The molecule has 1 saturated carbocycles. The molecule has 2 aromatic carbocycles. The van der Waals surface area contributed by atoms with Crippen molar-refractivity contribution in [3.05, 3.63) is 63.4 Å². The van der Waals surface area contributed by atoms with Crippen molar-refractivity contribution < 1.29 is 27.1 Å². The Morgan fingerprint density at radius 1 is 1.24 bits per heavy atom. The molecule has 1 aliphatic carbocycles. The average Bonchev–Trinajstić information content (AvgIpc) is 3.59. The summed E-state index contributed by atoms with van der Waals surface area (Å²) in [6.07, 6.45) is 0.580. The van der Waals surface area contributed by atoms with Crippen LogP contribution in [0.5, 0.6) is 5.75 Å². The van der Waals surface area contributed by atoms with Gasteiger partial charge >= 0.3 is 6.18 Å². The molecule has 10 heteroatoms. The molecule has 1 saturated heterocycles. The smallest absolute Gasteiger partial charge is 0.417 e. The molecule has 1 atom stereocenters. The Kier molecular flexibility index (Phi) is 7.64. The zero-order chi connectivity index (χ0) is 24.5. The maximum Gasteiger partial charge on any atom is 0.417 e. The molecule has 34 heavy (non-hydrogen) atoms. The third kappa shape index (κ3) is 5.98. The Balaban J connectivity index is 1.46. The number of nitrogens with zero attached hydrogens (tertiary/aromatic N) is 1. The first-order valence-corrected chi connectivity index (χ1v) is 12.7. The van der Waals surface area contributed by atoms with Crippen molar-refractivity contribution in [1.29, 1.82) is 0 Å². The number of halogens is 5. The maximum atomic E-state index is 14.7. The quantitative estimate of drug-likeness (QED) is 0.340. The van der Waals surface area contributed by atoms with Gasteiger partial charge in [0.25, 0.3) is 5.91 Å². The highest BCUT2D eigenvalue weighted by Crippen LogP contribution is 2.45. The molecule has 2 aliphatic rings. The van der Waals surface area contributed by atoms with E-state index in [0.717, 1.165) is 55.8 Å². The van der Waals surface area contributed by atoms with E-state index in [2.05, 4.69) is 9.62 Å². The summed E-state index contributed by atoms with van der Waals surface area (Å²) in [4.78, 5) is 14.3. The normalized spacial score (nSPS) is 19.2. The molecule has 0 radical (unpaired) electrons. The van der Waals surface area contributed by atoms with Gasteiger partial charge in [-0.15, -0.1) is 0 Å². The number of nitrogens with one attached hydrogen (secondary N) is 1. The molecule has 2 fully saturated rings. The van der Waals surface area contributed by atoms with Gasteiger partial charge in [-0.3, -0.25) is 14.4 Å². The zero-order valence-corrected chi connectivity index (χ0v) is 20.1. The number of likely N-dealkylation sites (tertiary alicyclic amines) is 1. The van der Waals surface area contributed by atoms with Crippen LogP contribution in [-0.4, -0.2) is 36.3 Å². The van der Waals surface area contributed by atoms with Gasteiger partial charge < -0.3 is 4.74 Å². The third-order valence-electron chi connectivity index (χ3n) is 6.06. The molecule has 1 heterocycles. The monoisotopic (exact) mass is 516 g/mol. The summed E-state index contributed by atoms with van der Waals surface area (Å²) in [6.45, 7) is 1.77. The van der Waals surface area contributed by atoms with Crippen molar-refractivity contribution in [2.45, 2.75) is 50.4 Å². The van der Waals surface area contributed by atoms with Crippen molar-refractivity contribution in [3.63, 3.8) is 0 Å². The van der Waals surface area contributed by atoms with E-state index in [1.165, 1.54) is 18.2 Å². The lowest BCUT2D eigenvalue weighted by molar-refractivity contribution is -0.137. The number of alkyl halides is 3. The maximum absolute atomic E-state index is 14.7. The molecule has 1 aliphatic heterocycles. The first kappa shape index (κ1) is 25.1. The Morgan fingerprint density at radius 3 is 2.65 bits per heavy atom. The second-order valence-corrected chi connectivity index (χ2v) is 9.73. The SMILES string of the molecule is CSNC(=O)c1cc(C2CC2)c(OC2CCCN(Cc3ccc(C(F)(F)F)c(Cl)c3)C2)cc1F. The van der Waals surface area contributed by atoms with Crippen LogP contribution in [0.3, 0.4) is 0 Å². The van der Waals surface area contributed by atoms with Gasteiger partial charge in [0.15, 0.2) is 0 Å². The van der Waals surface area contributed by atoms with Crippen molar-refractivity contribution in [2.24, 2.45) is 0 Å². The largest absolute Gasteiger partial charge is 0.489 e. The predicted molar refractivity (Wildman–Crippen MR) is 125 cm³/mol. The van der Waals surface area contributed by atoms with Gasteiger partial charge in [0.2, 0.25) is 0 Å². The summed E-state index contributed by atoms with van der Waals surface area (Å²) in [5.74, 6) is -0.383. The number of ether oxygens (including phenoxy) is 1. The molecule has 4 rings (SSSR count). The van der Waals surface area contributed by atoms with Crippen LogP contribution in [0.2, 0.25) is 5.02 Å². The lowest BCUT2D eigenvalue weighted by Gasteiger charge is -2.33. The van der Waals surface area contributed by atoms with Crippen LogP contribution >= 0.6 is 23.5 Å². The fourth-order valence-electron chi connectivity index (χ4n) is 4.29. The van der Waals surface area contributed by atoms with Crippen molar-refractivity contribution >= 4 is 29.5 Å². The summed E-state index contributed by atoms with van der Waals surface area (Å²) in [7, 11) is 0. The minimum absolute atomic E-state index is 0.00746. The molecule has 0 bridgehead atoms. The minimum atomic E-state index is -4.49. The number of piperidine rings is 1. The van der Waals surface area contributed by atoms with Gasteiger partial charge in [-0.1, -0.05) is 29.6 Å². The molecule has 1 N–H and O–H groups in total. The van der Waals surface area contributed by atoms with Gasteiger partial charge in [0.05, 0.1) is 16.1 Å². The summed E-state index contributed by atoms with van der Waals surface area (Å²) < 4.78 is 62.4. The topological polar surface area (TPSA) is 41.6 Å². The third-order valence-corrected chi connectivity index (χ3v) is 6.76. The minimum Gasteiger partial charge on any atom is -0.489 e.